The lowest BCUT2D eigenvalue weighted by Gasteiger charge is -2.25. The minimum Gasteiger partial charge on any atom is -0.372 e. The van der Waals surface area contributed by atoms with Crippen molar-refractivity contribution in [2.75, 3.05) is 12.4 Å². The lowest BCUT2D eigenvalue weighted by Crippen LogP contribution is -2.32. The number of anilines is 1. The minimum absolute atomic E-state index is 0.0335. The number of carbonyl (C=O) groups excluding carboxylic acids is 1. The van der Waals surface area contributed by atoms with Crippen molar-refractivity contribution in [2.45, 2.75) is 32.1 Å². The number of nitrogens with one attached hydrogen (secondary N) is 2. The molecule has 0 atom stereocenters. The van der Waals surface area contributed by atoms with Crippen LogP contribution < -0.4 is 22.4 Å². The third kappa shape index (κ3) is 5.99. The number of hydrogen-bond acceptors (Lipinski definition) is 7. The van der Waals surface area contributed by atoms with E-state index >= 15 is 0 Å². The van der Waals surface area contributed by atoms with E-state index in [4.69, 9.17) is 11.7 Å². The van der Waals surface area contributed by atoms with Crippen molar-refractivity contribution in [1.82, 2.24) is 24.4 Å². The van der Waals surface area contributed by atoms with E-state index in [-0.39, 0.29) is 5.41 Å². The number of aldehydes is 1. The highest BCUT2D eigenvalue weighted by Crippen LogP contribution is 2.28. The molecule has 1 aromatic carbocycles. The number of imidazole rings is 2. The van der Waals surface area contributed by atoms with Crippen molar-refractivity contribution < 1.29 is 4.79 Å². The van der Waals surface area contributed by atoms with Gasteiger partial charge in [0.2, 0.25) is 0 Å². The molecule has 0 aliphatic carbocycles. The molecule has 0 bridgehead atoms. The Morgan fingerprint density at radius 3 is 2.53 bits per heavy atom. The molecule has 0 unspecified atom stereocenters. The standard InChI is InChI=1S/C13H20N4O.C11H11N5/c1-13(2,8-7-12(16-14)17-15)11-5-3-10(9-18)4-6-11;1-12-10-7-16-6-9(2-3-11(16)14-10)15-5-4-13-8-15/h3-6,9H,7-8,14-15H2,1-2H3,(H,16,17);2-8,12H,1H3. The molecular weight excluding hydrogens is 430 g/mol. The number of carbonyl (C=O) groups is 1. The van der Waals surface area contributed by atoms with E-state index in [0.29, 0.717) is 17.8 Å². The van der Waals surface area contributed by atoms with Crippen molar-refractivity contribution >= 4 is 23.6 Å². The SMILES string of the molecule is CC(C)(CC/C(=N/N)NN)c1ccc(C=O)cc1.CNc1cn2cc(-n3ccnc3)ccc2n1. The van der Waals surface area contributed by atoms with Crippen molar-refractivity contribution in [3.05, 3.63) is 78.6 Å². The van der Waals surface area contributed by atoms with Gasteiger partial charge in [0, 0.05) is 37.6 Å². The maximum absolute atomic E-state index is 10.6. The quantitative estimate of drug-likeness (QED) is 0.109. The molecule has 178 valence electrons. The van der Waals surface area contributed by atoms with Crippen LogP contribution in [0.5, 0.6) is 0 Å². The molecule has 0 saturated heterocycles. The van der Waals surface area contributed by atoms with Gasteiger partial charge in [0.25, 0.3) is 0 Å². The van der Waals surface area contributed by atoms with Gasteiger partial charge in [0.05, 0.1) is 18.2 Å². The number of rotatable bonds is 7. The van der Waals surface area contributed by atoms with Crippen LogP contribution in [-0.2, 0) is 5.41 Å². The molecule has 10 heteroatoms. The molecule has 10 nitrogen and oxygen atoms in total. The average molecular weight is 462 g/mol. The molecular formula is C24H31N9O. The van der Waals surface area contributed by atoms with Gasteiger partial charge in [-0.3, -0.25) is 4.79 Å². The summed E-state index contributed by atoms with van der Waals surface area (Å²) in [5, 5.41) is 6.58. The fourth-order valence-corrected chi connectivity index (χ4v) is 3.43. The number of hydrazine groups is 1. The van der Waals surface area contributed by atoms with E-state index in [1.54, 1.807) is 12.5 Å². The maximum Gasteiger partial charge on any atom is 0.150 e. The van der Waals surface area contributed by atoms with E-state index in [0.717, 1.165) is 29.9 Å². The second kappa shape index (κ2) is 11.1. The molecule has 0 aliphatic heterocycles. The summed E-state index contributed by atoms with van der Waals surface area (Å²) in [6.45, 7) is 4.27. The molecule has 0 fully saturated rings. The van der Waals surface area contributed by atoms with Gasteiger partial charge >= 0.3 is 0 Å². The Bertz CT molecular complexity index is 1230. The summed E-state index contributed by atoms with van der Waals surface area (Å²) in [5.41, 5.74) is 6.27. The smallest absolute Gasteiger partial charge is 0.150 e. The van der Waals surface area contributed by atoms with E-state index in [1.807, 2.05) is 71.0 Å². The van der Waals surface area contributed by atoms with Crippen LogP contribution in [0.2, 0.25) is 0 Å². The Kier molecular flexibility index (Phi) is 7.99. The van der Waals surface area contributed by atoms with Crippen molar-refractivity contribution in [3.63, 3.8) is 0 Å². The number of fused-ring (bicyclic) bond motifs is 1. The third-order valence-electron chi connectivity index (χ3n) is 5.63. The molecule has 34 heavy (non-hydrogen) atoms. The Hall–Kier alpha value is -4.18. The number of amidine groups is 1. The van der Waals surface area contributed by atoms with Crippen LogP contribution >= 0.6 is 0 Å². The van der Waals surface area contributed by atoms with Gasteiger partial charge in [0.15, 0.2) is 0 Å². The first-order chi connectivity index (χ1) is 16.4. The van der Waals surface area contributed by atoms with Gasteiger partial charge in [-0.05, 0) is 29.5 Å². The normalized spacial score (nSPS) is 11.6. The molecule has 6 N–H and O–H groups in total. The molecule has 3 aromatic heterocycles. The number of hydrogen-bond donors (Lipinski definition) is 4. The number of pyridine rings is 1. The van der Waals surface area contributed by atoms with Gasteiger partial charge in [-0.25, -0.2) is 15.8 Å². The minimum atomic E-state index is -0.0335. The van der Waals surface area contributed by atoms with Gasteiger partial charge in [0.1, 0.15) is 23.6 Å². The van der Waals surface area contributed by atoms with Gasteiger partial charge < -0.3 is 25.6 Å². The third-order valence-corrected chi connectivity index (χ3v) is 5.63. The van der Waals surface area contributed by atoms with Crippen molar-refractivity contribution in [3.8, 4) is 5.69 Å². The molecule has 0 spiro atoms. The summed E-state index contributed by atoms with van der Waals surface area (Å²) in [4.78, 5) is 19.0. The van der Waals surface area contributed by atoms with E-state index in [9.17, 15) is 4.79 Å². The van der Waals surface area contributed by atoms with E-state index in [1.165, 1.54) is 5.56 Å². The second-order valence-corrected chi connectivity index (χ2v) is 8.34. The molecule has 0 amide bonds. The molecule has 0 radical (unpaired) electrons. The molecule has 0 saturated carbocycles. The number of hydrazone groups is 1. The summed E-state index contributed by atoms with van der Waals surface area (Å²) in [7, 11) is 1.86. The van der Waals surface area contributed by atoms with E-state index < -0.39 is 0 Å². The Morgan fingerprint density at radius 1 is 1.18 bits per heavy atom. The fourth-order valence-electron chi connectivity index (χ4n) is 3.43. The highest BCUT2D eigenvalue weighted by atomic mass is 16.1. The summed E-state index contributed by atoms with van der Waals surface area (Å²) >= 11 is 0. The van der Waals surface area contributed by atoms with Gasteiger partial charge in [-0.2, -0.15) is 5.10 Å². The van der Waals surface area contributed by atoms with Crippen LogP contribution in [0, 0.1) is 0 Å². The topological polar surface area (TPSA) is 141 Å². The number of aromatic nitrogens is 4. The van der Waals surface area contributed by atoms with Crippen LogP contribution in [-0.4, -0.2) is 38.1 Å². The second-order valence-electron chi connectivity index (χ2n) is 8.34. The molecule has 3 heterocycles. The van der Waals surface area contributed by atoms with Crippen LogP contribution in [0.15, 0.2) is 72.6 Å². The first-order valence-corrected chi connectivity index (χ1v) is 10.8. The summed E-state index contributed by atoms with van der Waals surface area (Å²) in [5.74, 6) is 11.9. The zero-order valence-corrected chi connectivity index (χ0v) is 19.6. The van der Waals surface area contributed by atoms with Crippen molar-refractivity contribution in [1.29, 1.82) is 0 Å². The fraction of sp³-hybridized carbons (Fsp3) is 0.250. The maximum atomic E-state index is 10.6. The monoisotopic (exact) mass is 461 g/mol. The Morgan fingerprint density at radius 2 is 1.94 bits per heavy atom. The van der Waals surface area contributed by atoms with Crippen LogP contribution in [0.25, 0.3) is 11.3 Å². The predicted octanol–water partition coefficient (Wildman–Crippen LogP) is 2.85. The largest absolute Gasteiger partial charge is 0.372 e. The number of nitrogens with zero attached hydrogens (tertiary/aromatic N) is 5. The van der Waals surface area contributed by atoms with Gasteiger partial charge in [-0.15, -0.1) is 0 Å². The Balaban J connectivity index is 0.000000191. The summed E-state index contributed by atoms with van der Waals surface area (Å²) in [6.07, 6.45) is 11.8. The molecule has 4 rings (SSSR count). The average Bonchev–Trinajstić information content (AvgIpc) is 3.54. The van der Waals surface area contributed by atoms with Crippen LogP contribution in [0.1, 0.15) is 42.6 Å². The van der Waals surface area contributed by atoms with E-state index in [2.05, 4.69) is 39.7 Å². The van der Waals surface area contributed by atoms with Crippen molar-refractivity contribution in [2.24, 2.45) is 16.8 Å². The lowest BCUT2D eigenvalue weighted by molar-refractivity contribution is 0.112. The van der Waals surface area contributed by atoms with Crippen LogP contribution in [0.4, 0.5) is 5.82 Å². The number of benzene rings is 1. The first-order valence-electron chi connectivity index (χ1n) is 10.8. The van der Waals surface area contributed by atoms with Gasteiger partial charge in [-0.1, -0.05) is 38.1 Å². The zero-order valence-electron chi connectivity index (χ0n) is 19.6. The predicted molar refractivity (Wildman–Crippen MR) is 135 cm³/mol. The number of nitrogens with two attached hydrogens (primary N) is 2. The van der Waals surface area contributed by atoms with Crippen LogP contribution in [0.3, 0.4) is 0 Å². The highest BCUT2D eigenvalue weighted by Gasteiger charge is 2.21. The summed E-state index contributed by atoms with van der Waals surface area (Å²) in [6, 6.07) is 11.6. The Labute approximate surface area is 198 Å². The molecule has 4 aromatic rings. The zero-order chi connectivity index (χ0) is 24.6. The summed E-state index contributed by atoms with van der Waals surface area (Å²) < 4.78 is 3.94. The highest BCUT2D eigenvalue weighted by molar-refractivity contribution is 5.81. The molecule has 0 aliphatic rings. The lowest BCUT2D eigenvalue weighted by atomic mass is 9.80. The first kappa shape index (κ1) is 24.5.